The fourth-order valence-electron chi connectivity index (χ4n) is 2.90. The van der Waals surface area contributed by atoms with Crippen molar-refractivity contribution in [2.75, 3.05) is 11.9 Å². The number of benzene rings is 2. The second-order valence-electron chi connectivity index (χ2n) is 6.43. The van der Waals surface area contributed by atoms with Gasteiger partial charge in [-0.15, -0.1) is 6.58 Å². The zero-order valence-corrected chi connectivity index (χ0v) is 15.5. The molecule has 0 spiro atoms. The van der Waals surface area contributed by atoms with Crippen LogP contribution in [0.25, 0.3) is 10.8 Å². The van der Waals surface area contributed by atoms with Gasteiger partial charge in [-0.2, -0.15) is 0 Å². The van der Waals surface area contributed by atoms with Gasteiger partial charge >= 0.3 is 0 Å². The predicted molar refractivity (Wildman–Crippen MR) is 108 cm³/mol. The Morgan fingerprint density at radius 2 is 2.00 bits per heavy atom. The molecule has 0 aliphatic carbocycles. The van der Waals surface area contributed by atoms with E-state index in [9.17, 15) is 9.59 Å². The number of carbonyl (C=O) groups excluding carboxylic acids is 1. The number of hydrogen-bond donors (Lipinski definition) is 1. The Labute approximate surface area is 157 Å². The molecule has 27 heavy (non-hydrogen) atoms. The Balaban J connectivity index is 1.78. The zero-order chi connectivity index (χ0) is 19.4. The molecule has 1 heterocycles. The van der Waals surface area contributed by atoms with Gasteiger partial charge in [0.1, 0.15) is 5.75 Å². The van der Waals surface area contributed by atoms with E-state index in [-0.39, 0.29) is 18.1 Å². The first-order valence-electron chi connectivity index (χ1n) is 8.72. The first-order chi connectivity index (χ1) is 13.0. The van der Waals surface area contributed by atoms with Gasteiger partial charge in [-0.05, 0) is 49.2 Å². The highest BCUT2D eigenvalue weighted by atomic mass is 16.5. The molecule has 1 N–H and O–H groups in total. The molecule has 3 aromatic rings. The maximum absolute atomic E-state index is 12.5. The number of carbonyl (C=O) groups is 1. The minimum atomic E-state index is -0.249. The van der Waals surface area contributed by atoms with Crippen molar-refractivity contribution < 1.29 is 9.53 Å². The summed E-state index contributed by atoms with van der Waals surface area (Å²) in [6.07, 6.45) is 3.38. The van der Waals surface area contributed by atoms with Gasteiger partial charge in [0, 0.05) is 23.8 Å². The van der Waals surface area contributed by atoms with E-state index in [1.54, 1.807) is 35.0 Å². The average molecular weight is 362 g/mol. The lowest BCUT2D eigenvalue weighted by Gasteiger charge is -2.12. The highest BCUT2D eigenvalue weighted by molar-refractivity contribution is 5.93. The van der Waals surface area contributed by atoms with Crippen molar-refractivity contribution in [3.63, 3.8) is 0 Å². The fourth-order valence-corrected chi connectivity index (χ4v) is 2.90. The summed E-state index contributed by atoms with van der Waals surface area (Å²) in [5, 5.41) is 4.10. The lowest BCUT2D eigenvalue weighted by molar-refractivity contribution is -0.118. The summed E-state index contributed by atoms with van der Waals surface area (Å²) < 4.78 is 7.27. The molecule has 1 amide bonds. The van der Waals surface area contributed by atoms with Crippen molar-refractivity contribution in [3.05, 3.63) is 82.8 Å². The number of ether oxygens (including phenoxy) is 1. The number of nitrogens with one attached hydrogen (secondary N) is 1. The van der Waals surface area contributed by atoms with Crippen LogP contribution in [0.3, 0.4) is 0 Å². The maximum Gasteiger partial charge on any atom is 0.262 e. The van der Waals surface area contributed by atoms with Crippen LogP contribution < -0.4 is 15.6 Å². The second-order valence-corrected chi connectivity index (χ2v) is 6.43. The van der Waals surface area contributed by atoms with Crippen LogP contribution in [-0.4, -0.2) is 17.1 Å². The molecule has 3 rings (SSSR count). The van der Waals surface area contributed by atoms with Crippen LogP contribution in [0.4, 0.5) is 5.69 Å². The van der Waals surface area contributed by atoms with Gasteiger partial charge in [0.05, 0.1) is 5.39 Å². The molecule has 5 nitrogen and oxygen atoms in total. The minimum Gasteiger partial charge on any atom is -0.483 e. The van der Waals surface area contributed by atoms with Gasteiger partial charge < -0.3 is 14.6 Å². The normalized spacial score (nSPS) is 10.6. The van der Waals surface area contributed by atoms with Gasteiger partial charge in [-0.1, -0.05) is 24.3 Å². The van der Waals surface area contributed by atoms with Gasteiger partial charge in [-0.3, -0.25) is 9.59 Å². The average Bonchev–Trinajstić information content (AvgIpc) is 2.65. The monoisotopic (exact) mass is 362 g/mol. The van der Waals surface area contributed by atoms with Crippen molar-refractivity contribution >= 4 is 22.4 Å². The summed E-state index contributed by atoms with van der Waals surface area (Å²) in [4.78, 5) is 24.8. The summed E-state index contributed by atoms with van der Waals surface area (Å²) in [6.45, 7) is 7.88. The number of amides is 1. The molecule has 0 saturated heterocycles. The molecule has 0 radical (unpaired) electrons. The molecule has 5 heteroatoms. The summed E-state index contributed by atoms with van der Waals surface area (Å²) >= 11 is 0. The number of aryl methyl sites for hydroxylation is 2. The SMILES string of the molecule is C=CCn1ccc2c(OCC(=O)Nc3cc(C)ccc3C)cccc2c1=O. The van der Waals surface area contributed by atoms with Crippen LogP contribution in [-0.2, 0) is 11.3 Å². The summed E-state index contributed by atoms with van der Waals surface area (Å²) in [5.74, 6) is 0.257. The molecule has 0 aliphatic rings. The lowest BCUT2D eigenvalue weighted by Crippen LogP contribution is -2.21. The topological polar surface area (TPSA) is 60.3 Å². The fraction of sp³-hybridized carbons (Fsp3) is 0.182. The number of anilines is 1. The van der Waals surface area contributed by atoms with Gasteiger partial charge in [0.25, 0.3) is 11.5 Å². The van der Waals surface area contributed by atoms with E-state index in [1.807, 2.05) is 38.1 Å². The quantitative estimate of drug-likeness (QED) is 0.678. The molecule has 0 aliphatic heterocycles. The van der Waals surface area contributed by atoms with E-state index in [0.29, 0.717) is 23.1 Å². The Kier molecular flexibility index (Phi) is 5.41. The number of nitrogens with zero attached hydrogens (tertiary/aromatic N) is 1. The second kappa shape index (κ2) is 7.91. The summed E-state index contributed by atoms with van der Waals surface area (Å²) in [6, 6.07) is 13.0. The molecule has 2 aromatic carbocycles. The third-order valence-corrected chi connectivity index (χ3v) is 4.33. The van der Waals surface area contributed by atoms with E-state index in [4.69, 9.17) is 4.74 Å². The number of hydrogen-bond acceptors (Lipinski definition) is 3. The zero-order valence-electron chi connectivity index (χ0n) is 15.5. The van der Waals surface area contributed by atoms with Crippen LogP contribution in [0.15, 0.2) is 66.1 Å². The smallest absolute Gasteiger partial charge is 0.262 e. The molecule has 0 bridgehead atoms. The van der Waals surface area contributed by atoms with Gasteiger partial charge in [-0.25, -0.2) is 0 Å². The molecular formula is C22H22N2O3. The molecule has 0 saturated carbocycles. The minimum absolute atomic E-state index is 0.113. The molecular weight excluding hydrogens is 340 g/mol. The van der Waals surface area contributed by atoms with Crippen LogP contribution in [0.1, 0.15) is 11.1 Å². The Morgan fingerprint density at radius 1 is 1.19 bits per heavy atom. The lowest BCUT2D eigenvalue weighted by atomic mass is 10.1. The number of aromatic nitrogens is 1. The molecule has 0 atom stereocenters. The van der Waals surface area contributed by atoms with Crippen molar-refractivity contribution in [3.8, 4) is 5.75 Å². The molecule has 0 unspecified atom stereocenters. The highest BCUT2D eigenvalue weighted by Gasteiger charge is 2.10. The predicted octanol–water partition coefficient (Wildman–Crippen LogP) is 3.82. The standard InChI is InChI=1S/C22H22N2O3/c1-4-11-24-12-10-17-18(22(24)26)6-5-7-20(17)27-14-21(25)23-19-13-15(2)8-9-16(19)3/h4-10,12-13H,1,11,14H2,2-3H3,(H,23,25). The van der Waals surface area contributed by atoms with E-state index in [0.717, 1.165) is 16.8 Å². The third kappa shape index (κ3) is 4.08. The van der Waals surface area contributed by atoms with Crippen LogP contribution >= 0.6 is 0 Å². The van der Waals surface area contributed by atoms with E-state index in [1.165, 1.54) is 0 Å². The van der Waals surface area contributed by atoms with E-state index < -0.39 is 0 Å². The van der Waals surface area contributed by atoms with Crippen molar-refractivity contribution in [1.29, 1.82) is 0 Å². The van der Waals surface area contributed by atoms with E-state index >= 15 is 0 Å². The maximum atomic E-state index is 12.5. The van der Waals surface area contributed by atoms with Crippen molar-refractivity contribution in [2.24, 2.45) is 0 Å². The van der Waals surface area contributed by atoms with Gasteiger partial charge in [0.15, 0.2) is 6.61 Å². The first kappa shape index (κ1) is 18.5. The Hall–Kier alpha value is -3.34. The summed E-state index contributed by atoms with van der Waals surface area (Å²) in [7, 11) is 0. The van der Waals surface area contributed by atoms with Crippen LogP contribution in [0.5, 0.6) is 5.75 Å². The molecule has 1 aromatic heterocycles. The number of fused-ring (bicyclic) bond motifs is 1. The molecule has 138 valence electrons. The van der Waals surface area contributed by atoms with Gasteiger partial charge in [0.2, 0.25) is 0 Å². The molecule has 0 fully saturated rings. The largest absolute Gasteiger partial charge is 0.483 e. The Morgan fingerprint density at radius 3 is 2.78 bits per heavy atom. The number of rotatable bonds is 6. The third-order valence-electron chi connectivity index (χ3n) is 4.33. The number of allylic oxidation sites excluding steroid dienone is 1. The van der Waals surface area contributed by atoms with Crippen LogP contribution in [0, 0.1) is 13.8 Å². The highest BCUT2D eigenvalue weighted by Crippen LogP contribution is 2.23. The van der Waals surface area contributed by atoms with E-state index in [2.05, 4.69) is 11.9 Å². The number of pyridine rings is 1. The van der Waals surface area contributed by atoms with Crippen LogP contribution in [0.2, 0.25) is 0 Å². The first-order valence-corrected chi connectivity index (χ1v) is 8.72. The summed E-state index contributed by atoms with van der Waals surface area (Å²) in [5.41, 5.74) is 2.72. The van der Waals surface area contributed by atoms with Crippen molar-refractivity contribution in [1.82, 2.24) is 4.57 Å². The van der Waals surface area contributed by atoms with Crippen molar-refractivity contribution in [2.45, 2.75) is 20.4 Å². The Bertz CT molecular complexity index is 1070.